The molecule has 0 spiro atoms. The molecule has 0 aliphatic heterocycles. The molecule has 1 aliphatic carbocycles. The lowest BCUT2D eigenvalue weighted by Gasteiger charge is -2.17. The molecule has 0 radical (unpaired) electrons. The van der Waals surface area contributed by atoms with E-state index in [0.717, 1.165) is 18.2 Å². The molecule has 1 aromatic carbocycles. The van der Waals surface area contributed by atoms with Crippen molar-refractivity contribution in [2.24, 2.45) is 5.92 Å². The maximum Gasteiger partial charge on any atom is 0.118 e. The first-order valence-electron chi connectivity index (χ1n) is 6.67. The monoisotopic (exact) mass is 233 g/mol. The zero-order valence-electron chi connectivity index (χ0n) is 10.9. The summed E-state index contributed by atoms with van der Waals surface area (Å²) in [5.41, 5.74) is 1.34. The van der Waals surface area contributed by atoms with Gasteiger partial charge < -0.3 is 10.1 Å². The Morgan fingerprint density at radius 1 is 1.24 bits per heavy atom. The molecule has 94 valence electrons. The van der Waals surface area contributed by atoms with E-state index in [2.05, 4.69) is 24.4 Å². The van der Waals surface area contributed by atoms with E-state index in [-0.39, 0.29) is 0 Å². The van der Waals surface area contributed by atoms with E-state index in [4.69, 9.17) is 4.74 Å². The van der Waals surface area contributed by atoms with Gasteiger partial charge in [0.05, 0.1) is 7.11 Å². The van der Waals surface area contributed by atoms with Crippen LogP contribution < -0.4 is 10.1 Å². The van der Waals surface area contributed by atoms with Gasteiger partial charge in [-0.3, -0.25) is 0 Å². The van der Waals surface area contributed by atoms with Gasteiger partial charge in [-0.05, 0) is 49.9 Å². The van der Waals surface area contributed by atoms with E-state index < -0.39 is 0 Å². The summed E-state index contributed by atoms with van der Waals surface area (Å²) in [6.07, 6.45) is 5.65. The molecule has 1 saturated carbocycles. The molecule has 0 saturated heterocycles. The van der Waals surface area contributed by atoms with Crippen LogP contribution in [-0.4, -0.2) is 13.7 Å². The van der Waals surface area contributed by atoms with Crippen LogP contribution in [-0.2, 0) is 0 Å². The third kappa shape index (κ3) is 3.47. The third-order valence-electron chi connectivity index (χ3n) is 3.80. The van der Waals surface area contributed by atoms with Crippen molar-refractivity contribution in [1.82, 2.24) is 5.32 Å². The van der Waals surface area contributed by atoms with Crippen LogP contribution in [0.5, 0.6) is 5.75 Å². The fourth-order valence-corrected chi connectivity index (χ4v) is 2.57. The number of hydrogen-bond donors (Lipinski definition) is 1. The zero-order chi connectivity index (χ0) is 12.1. The topological polar surface area (TPSA) is 21.3 Å². The van der Waals surface area contributed by atoms with Gasteiger partial charge in [-0.2, -0.15) is 0 Å². The molecule has 2 rings (SSSR count). The Bertz CT molecular complexity index is 327. The fraction of sp³-hybridized carbons (Fsp3) is 0.600. The molecular formula is C15H23NO. The van der Waals surface area contributed by atoms with E-state index in [1.54, 1.807) is 7.11 Å². The van der Waals surface area contributed by atoms with Crippen molar-refractivity contribution in [2.75, 3.05) is 13.7 Å². The Balaban J connectivity index is 1.83. The SMILES string of the molecule is COc1ccc([C@H](C)NCC2CCCC2)cc1. The Hall–Kier alpha value is -1.02. The highest BCUT2D eigenvalue weighted by Crippen LogP contribution is 2.25. The number of methoxy groups -OCH3 is 1. The van der Waals surface area contributed by atoms with Crippen LogP contribution in [0.15, 0.2) is 24.3 Å². The van der Waals surface area contributed by atoms with Gasteiger partial charge in [0.2, 0.25) is 0 Å². The highest BCUT2D eigenvalue weighted by atomic mass is 16.5. The number of hydrogen-bond acceptors (Lipinski definition) is 2. The Kier molecular flexibility index (Phi) is 4.43. The molecule has 0 heterocycles. The van der Waals surface area contributed by atoms with Crippen molar-refractivity contribution >= 4 is 0 Å². The van der Waals surface area contributed by atoms with E-state index in [0.29, 0.717) is 6.04 Å². The maximum absolute atomic E-state index is 5.17. The molecule has 1 fully saturated rings. The summed E-state index contributed by atoms with van der Waals surface area (Å²) in [5, 5.41) is 3.64. The molecule has 17 heavy (non-hydrogen) atoms. The van der Waals surface area contributed by atoms with Crippen LogP contribution >= 0.6 is 0 Å². The average molecular weight is 233 g/mol. The second-order valence-corrected chi connectivity index (χ2v) is 5.05. The van der Waals surface area contributed by atoms with Crippen LogP contribution in [0.1, 0.15) is 44.2 Å². The average Bonchev–Trinajstić information content (AvgIpc) is 2.89. The predicted octanol–water partition coefficient (Wildman–Crippen LogP) is 3.54. The maximum atomic E-state index is 5.17. The lowest BCUT2D eigenvalue weighted by Crippen LogP contribution is -2.24. The first kappa shape index (κ1) is 12.4. The Labute approximate surface area is 104 Å². The van der Waals surface area contributed by atoms with Crippen molar-refractivity contribution < 1.29 is 4.74 Å². The lowest BCUT2D eigenvalue weighted by molar-refractivity contribution is 0.414. The lowest BCUT2D eigenvalue weighted by atomic mass is 10.1. The van der Waals surface area contributed by atoms with Crippen LogP contribution in [0, 0.1) is 5.92 Å². The largest absolute Gasteiger partial charge is 0.497 e. The minimum absolute atomic E-state index is 0.432. The Morgan fingerprint density at radius 3 is 2.47 bits per heavy atom. The third-order valence-corrected chi connectivity index (χ3v) is 3.80. The molecule has 1 N–H and O–H groups in total. The van der Waals surface area contributed by atoms with Crippen molar-refractivity contribution in [1.29, 1.82) is 0 Å². The summed E-state index contributed by atoms with van der Waals surface area (Å²) in [6.45, 7) is 3.39. The molecule has 0 unspecified atom stereocenters. The first-order chi connectivity index (χ1) is 8.29. The quantitative estimate of drug-likeness (QED) is 0.840. The normalized spacial score (nSPS) is 18.2. The summed E-state index contributed by atoms with van der Waals surface area (Å²) >= 11 is 0. The second-order valence-electron chi connectivity index (χ2n) is 5.05. The van der Waals surface area contributed by atoms with Gasteiger partial charge in [0, 0.05) is 6.04 Å². The van der Waals surface area contributed by atoms with Gasteiger partial charge in [-0.15, -0.1) is 0 Å². The number of ether oxygens (including phenoxy) is 1. The molecular weight excluding hydrogens is 210 g/mol. The molecule has 2 nitrogen and oxygen atoms in total. The molecule has 2 heteroatoms. The van der Waals surface area contributed by atoms with Crippen molar-refractivity contribution in [3.05, 3.63) is 29.8 Å². The van der Waals surface area contributed by atoms with Crippen molar-refractivity contribution in [3.8, 4) is 5.75 Å². The summed E-state index contributed by atoms with van der Waals surface area (Å²) in [6, 6.07) is 8.78. The van der Waals surface area contributed by atoms with Crippen molar-refractivity contribution in [2.45, 2.75) is 38.6 Å². The predicted molar refractivity (Wildman–Crippen MR) is 71.4 cm³/mol. The van der Waals surface area contributed by atoms with Crippen LogP contribution in [0.4, 0.5) is 0 Å². The molecule has 1 aromatic rings. The minimum Gasteiger partial charge on any atom is -0.497 e. The zero-order valence-corrected chi connectivity index (χ0v) is 10.9. The van der Waals surface area contributed by atoms with Crippen LogP contribution in [0.25, 0.3) is 0 Å². The summed E-state index contributed by atoms with van der Waals surface area (Å²) in [4.78, 5) is 0. The van der Waals surface area contributed by atoms with Gasteiger partial charge in [0.1, 0.15) is 5.75 Å². The summed E-state index contributed by atoms with van der Waals surface area (Å²) in [5.74, 6) is 1.83. The smallest absolute Gasteiger partial charge is 0.118 e. The Morgan fingerprint density at radius 2 is 1.88 bits per heavy atom. The van der Waals surface area contributed by atoms with Gasteiger partial charge in [0.15, 0.2) is 0 Å². The molecule has 1 aliphatic rings. The second kappa shape index (κ2) is 6.06. The van der Waals surface area contributed by atoms with E-state index in [1.807, 2.05) is 12.1 Å². The van der Waals surface area contributed by atoms with E-state index >= 15 is 0 Å². The fourth-order valence-electron chi connectivity index (χ4n) is 2.57. The number of nitrogens with one attached hydrogen (secondary N) is 1. The highest BCUT2D eigenvalue weighted by molar-refractivity contribution is 5.28. The summed E-state index contributed by atoms with van der Waals surface area (Å²) in [7, 11) is 1.71. The molecule has 0 amide bonds. The minimum atomic E-state index is 0.432. The highest BCUT2D eigenvalue weighted by Gasteiger charge is 2.15. The summed E-state index contributed by atoms with van der Waals surface area (Å²) < 4.78 is 5.17. The number of rotatable bonds is 5. The van der Waals surface area contributed by atoms with Gasteiger partial charge in [0.25, 0.3) is 0 Å². The van der Waals surface area contributed by atoms with Gasteiger partial charge in [-0.25, -0.2) is 0 Å². The molecule has 1 atom stereocenters. The number of benzene rings is 1. The van der Waals surface area contributed by atoms with E-state index in [9.17, 15) is 0 Å². The first-order valence-corrected chi connectivity index (χ1v) is 6.67. The van der Waals surface area contributed by atoms with Crippen molar-refractivity contribution in [3.63, 3.8) is 0 Å². The van der Waals surface area contributed by atoms with E-state index in [1.165, 1.54) is 31.2 Å². The standard InChI is InChI=1S/C15H23NO/c1-12(16-11-13-5-3-4-6-13)14-7-9-15(17-2)10-8-14/h7-10,12-13,16H,3-6,11H2,1-2H3/t12-/m0/s1. The van der Waals surface area contributed by atoms with Crippen LogP contribution in [0.2, 0.25) is 0 Å². The van der Waals surface area contributed by atoms with Gasteiger partial charge in [-0.1, -0.05) is 25.0 Å². The van der Waals surface area contributed by atoms with Gasteiger partial charge >= 0.3 is 0 Å². The van der Waals surface area contributed by atoms with Crippen LogP contribution in [0.3, 0.4) is 0 Å². The molecule has 0 aromatic heterocycles. The molecule has 0 bridgehead atoms.